The van der Waals surface area contributed by atoms with Gasteiger partial charge in [-0.1, -0.05) is 0 Å². The van der Waals surface area contributed by atoms with E-state index in [0.29, 0.717) is 4.68 Å². The maximum Gasteiger partial charge on any atom is 0.468 e. The summed E-state index contributed by atoms with van der Waals surface area (Å²) in [6.07, 6.45) is -4.83. The van der Waals surface area contributed by atoms with Gasteiger partial charge in [-0.3, -0.25) is 20.0 Å². The number of hydrogen-bond acceptors (Lipinski definition) is 7. The van der Waals surface area contributed by atoms with Crippen molar-refractivity contribution in [2.75, 3.05) is 5.32 Å². The first-order chi connectivity index (χ1) is 11.9. The number of nitro groups is 2. The van der Waals surface area contributed by atoms with Gasteiger partial charge in [0.05, 0.1) is 21.4 Å². The highest BCUT2D eigenvalue weighted by atomic mass is 19.4. The molecule has 140 valence electrons. The van der Waals surface area contributed by atoms with Gasteiger partial charge in [-0.2, -0.15) is 23.0 Å². The molecule has 2 N–H and O–H groups in total. The number of anilines is 1. The van der Waals surface area contributed by atoms with Gasteiger partial charge in [0, 0.05) is 0 Å². The molecule has 0 radical (unpaired) electrons. The Balaban J connectivity index is 2.30. The number of nitrogens with zero attached hydrogens (tertiary/aromatic N) is 5. The van der Waals surface area contributed by atoms with Crippen LogP contribution in [-0.2, 0) is 17.5 Å². The van der Waals surface area contributed by atoms with Crippen molar-refractivity contribution in [3.05, 3.63) is 37.3 Å². The number of aryl methyl sites for hydroxylation is 1. The Kier molecular flexibility index (Phi) is 4.64. The Morgan fingerprint density at radius 3 is 2.35 bits per heavy atom. The van der Waals surface area contributed by atoms with Crippen LogP contribution in [0, 0.1) is 34.1 Å². The van der Waals surface area contributed by atoms with Gasteiger partial charge in [-0.15, -0.1) is 0 Å². The molecule has 2 aromatic rings. The van der Waals surface area contributed by atoms with Gasteiger partial charge in [0.25, 0.3) is 0 Å². The molecule has 0 bridgehead atoms. The molecule has 12 nitrogen and oxygen atoms in total. The molecule has 0 aliphatic heterocycles. The van der Waals surface area contributed by atoms with Gasteiger partial charge in [0.1, 0.15) is 12.2 Å². The second-order valence-electron chi connectivity index (χ2n) is 5.05. The molecule has 26 heavy (non-hydrogen) atoms. The standard InChI is InChI=1S/C11H10F3N7O5/c1-4-7(9(17-16-4)11(12,13)14)15-6(22)3-19-5(2)8(20(23)24)10(18-19)21(25)26/h3H2,1-2H3,(H,15,22)(H,16,17). The lowest BCUT2D eigenvalue weighted by atomic mass is 10.3. The van der Waals surface area contributed by atoms with Gasteiger partial charge in [0.15, 0.2) is 5.69 Å². The zero-order valence-electron chi connectivity index (χ0n) is 13.1. The predicted molar refractivity (Wildman–Crippen MR) is 77.2 cm³/mol. The normalized spacial score (nSPS) is 11.4. The number of nitrogens with one attached hydrogen (secondary N) is 2. The highest BCUT2D eigenvalue weighted by Gasteiger charge is 2.39. The minimum absolute atomic E-state index is 0.0696. The molecule has 0 aliphatic carbocycles. The highest BCUT2D eigenvalue weighted by molar-refractivity contribution is 5.92. The van der Waals surface area contributed by atoms with E-state index in [4.69, 9.17) is 0 Å². The molecule has 1 amide bonds. The first kappa shape index (κ1) is 18.8. The van der Waals surface area contributed by atoms with E-state index in [1.165, 1.54) is 6.92 Å². The molecule has 2 rings (SSSR count). The van der Waals surface area contributed by atoms with Crippen LogP contribution in [0.5, 0.6) is 0 Å². The fourth-order valence-corrected chi connectivity index (χ4v) is 2.11. The number of carbonyl (C=O) groups is 1. The van der Waals surface area contributed by atoms with Crippen LogP contribution in [-0.4, -0.2) is 35.7 Å². The van der Waals surface area contributed by atoms with Crippen molar-refractivity contribution in [1.82, 2.24) is 20.0 Å². The monoisotopic (exact) mass is 377 g/mol. The minimum Gasteiger partial charge on any atom is -0.358 e. The zero-order valence-corrected chi connectivity index (χ0v) is 13.1. The number of aromatic amines is 1. The molecule has 2 heterocycles. The molecule has 0 unspecified atom stereocenters. The number of aromatic nitrogens is 4. The smallest absolute Gasteiger partial charge is 0.358 e. The average molecular weight is 377 g/mol. The fraction of sp³-hybridized carbons (Fsp3) is 0.364. The lowest BCUT2D eigenvalue weighted by Crippen LogP contribution is -2.22. The Hall–Kier alpha value is -3.52. The maximum atomic E-state index is 12.8. The lowest BCUT2D eigenvalue weighted by molar-refractivity contribution is -0.424. The maximum absolute atomic E-state index is 12.8. The first-order valence-corrected chi connectivity index (χ1v) is 6.71. The first-order valence-electron chi connectivity index (χ1n) is 6.71. The molecule has 15 heteroatoms. The molecule has 0 atom stereocenters. The van der Waals surface area contributed by atoms with Crippen LogP contribution >= 0.6 is 0 Å². The summed E-state index contributed by atoms with van der Waals surface area (Å²) in [6.45, 7) is 1.59. The number of halogens is 3. The quantitative estimate of drug-likeness (QED) is 0.591. The van der Waals surface area contributed by atoms with E-state index in [1.54, 1.807) is 0 Å². The van der Waals surface area contributed by atoms with Gasteiger partial charge in [-0.25, -0.2) is 0 Å². The summed E-state index contributed by atoms with van der Waals surface area (Å²) in [5, 5.41) is 32.2. The van der Waals surface area contributed by atoms with E-state index >= 15 is 0 Å². The molecule has 0 aliphatic rings. The van der Waals surface area contributed by atoms with E-state index in [2.05, 4.69) is 15.3 Å². The number of rotatable bonds is 5. The van der Waals surface area contributed by atoms with Gasteiger partial charge in [0.2, 0.25) is 5.91 Å². The molecular formula is C11H10F3N7O5. The zero-order chi connectivity index (χ0) is 19.8. The average Bonchev–Trinajstić information content (AvgIpc) is 3.00. The topological polar surface area (TPSA) is 162 Å². The molecule has 0 saturated carbocycles. The predicted octanol–water partition coefficient (Wildman–Crippen LogP) is 1.70. The van der Waals surface area contributed by atoms with Crippen molar-refractivity contribution >= 4 is 23.1 Å². The molecule has 0 aromatic carbocycles. The van der Waals surface area contributed by atoms with Gasteiger partial charge >= 0.3 is 17.7 Å². The van der Waals surface area contributed by atoms with E-state index < -0.39 is 51.4 Å². The number of amides is 1. The van der Waals surface area contributed by atoms with Crippen LogP contribution in [0.2, 0.25) is 0 Å². The Labute approximate surface area is 141 Å². The van der Waals surface area contributed by atoms with Crippen molar-refractivity contribution in [3.63, 3.8) is 0 Å². The third-order valence-electron chi connectivity index (χ3n) is 3.29. The van der Waals surface area contributed by atoms with Crippen LogP contribution in [0.3, 0.4) is 0 Å². The van der Waals surface area contributed by atoms with E-state index in [9.17, 15) is 38.2 Å². The second-order valence-corrected chi connectivity index (χ2v) is 5.05. The summed E-state index contributed by atoms with van der Waals surface area (Å²) in [5.74, 6) is -2.11. The summed E-state index contributed by atoms with van der Waals surface area (Å²) in [6, 6.07) is 0. The van der Waals surface area contributed by atoms with Gasteiger partial charge in [-0.05, 0) is 18.8 Å². The molecule has 0 fully saturated rings. The van der Waals surface area contributed by atoms with E-state index in [-0.39, 0.29) is 11.4 Å². The highest BCUT2D eigenvalue weighted by Crippen LogP contribution is 2.35. The van der Waals surface area contributed by atoms with E-state index in [1.807, 2.05) is 5.32 Å². The van der Waals surface area contributed by atoms with Crippen molar-refractivity contribution in [2.45, 2.75) is 26.6 Å². The van der Waals surface area contributed by atoms with Crippen LogP contribution < -0.4 is 5.32 Å². The van der Waals surface area contributed by atoms with Crippen LogP contribution in [0.1, 0.15) is 17.1 Å². The number of H-pyrrole nitrogens is 1. The molecule has 0 saturated heterocycles. The van der Waals surface area contributed by atoms with Crippen molar-refractivity contribution in [1.29, 1.82) is 0 Å². The Morgan fingerprint density at radius 2 is 1.88 bits per heavy atom. The summed E-state index contributed by atoms with van der Waals surface area (Å²) in [7, 11) is 0. The lowest BCUT2D eigenvalue weighted by Gasteiger charge is -2.08. The third-order valence-corrected chi connectivity index (χ3v) is 3.29. The van der Waals surface area contributed by atoms with Gasteiger partial charge < -0.3 is 15.4 Å². The SMILES string of the molecule is Cc1[nH]nc(C(F)(F)F)c1NC(=O)Cn1nc([N+](=O)[O-])c([N+](=O)[O-])c1C. The number of alkyl halides is 3. The van der Waals surface area contributed by atoms with Crippen molar-refractivity contribution < 1.29 is 27.8 Å². The van der Waals surface area contributed by atoms with Crippen molar-refractivity contribution in [2.24, 2.45) is 0 Å². The van der Waals surface area contributed by atoms with Crippen molar-refractivity contribution in [3.8, 4) is 0 Å². The Morgan fingerprint density at radius 1 is 1.27 bits per heavy atom. The summed E-state index contributed by atoms with van der Waals surface area (Å²) < 4.78 is 39.2. The van der Waals surface area contributed by atoms with Crippen LogP contribution in [0.25, 0.3) is 0 Å². The summed E-state index contributed by atoms with van der Waals surface area (Å²) in [5.41, 5.74) is -3.23. The largest absolute Gasteiger partial charge is 0.468 e. The van der Waals surface area contributed by atoms with Crippen LogP contribution in [0.15, 0.2) is 0 Å². The molecular weight excluding hydrogens is 367 g/mol. The minimum atomic E-state index is -4.83. The second kappa shape index (κ2) is 6.41. The Bertz CT molecular complexity index is 901. The number of hydrogen-bond donors (Lipinski definition) is 2. The fourth-order valence-electron chi connectivity index (χ4n) is 2.11. The van der Waals surface area contributed by atoms with Crippen LogP contribution in [0.4, 0.5) is 30.4 Å². The number of carbonyl (C=O) groups excluding carboxylic acids is 1. The van der Waals surface area contributed by atoms with E-state index in [0.717, 1.165) is 6.92 Å². The molecule has 0 spiro atoms. The summed E-state index contributed by atoms with van der Waals surface area (Å²) >= 11 is 0. The molecule has 2 aromatic heterocycles. The third kappa shape index (κ3) is 3.45. The summed E-state index contributed by atoms with van der Waals surface area (Å²) in [4.78, 5) is 31.6.